The van der Waals surface area contributed by atoms with E-state index < -0.39 is 12.0 Å². The van der Waals surface area contributed by atoms with Gasteiger partial charge in [0, 0.05) is 6.20 Å². The maximum atomic E-state index is 10.5. The summed E-state index contributed by atoms with van der Waals surface area (Å²) in [5.74, 6) is -0.974. The summed E-state index contributed by atoms with van der Waals surface area (Å²) in [5, 5.41) is 20.0. The number of nitriles is 1. The van der Waals surface area contributed by atoms with Crippen molar-refractivity contribution >= 4 is 11.7 Å². The lowest BCUT2D eigenvalue weighted by Crippen LogP contribution is -2.25. The molecule has 0 spiro atoms. The van der Waals surface area contributed by atoms with Crippen LogP contribution in [0.1, 0.15) is 12.5 Å². The van der Waals surface area contributed by atoms with Crippen molar-refractivity contribution in [1.29, 1.82) is 5.26 Å². The Kier molecular flexibility index (Phi) is 3.02. The van der Waals surface area contributed by atoms with E-state index in [9.17, 15) is 4.79 Å². The molecule has 0 aromatic carbocycles. The van der Waals surface area contributed by atoms with E-state index in [4.69, 9.17) is 10.4 Å². The van der Waals surface area contributed by atoms with Gasteiger partial charge in [0.2, 0.25) is 0 Å². The van der Waals surface area contributed by atoms with Crippen LogP contribution in [0, 0.1) is 11.3 Å². The van der Waals surface area contributed by atoms with Crippen LogP contribution >= 0.6 is 0 Å². The van der Waals surface area contributed by atoms with Crippen LogP contribution in [-0.4, -0.2) is 22.1 Å². The third kappa shape index (κ3) is 2.20. The first kappa shape index (κ1) is 9.99. The van der Waals surface area contributed by atoms with Crippen LogP contribution in [0.4, 0.5) is 5.69 Å². The average molecular weight is 191 g/mol. The van der Waals surface area contributed by atoms with Crippen molar-refractivity contribution in [3.8, 4) is 6.07 Å². The quantitative estimate of drug-likeness (QED) is 0.739. The minimum atomic E-state index is -0.974. The molecule has 2 N–H and O–H groups in total. The SMILES string of the molecule is CC(Nc1cnccc1C#N)C(=O)O. The molecule has 14 heavy (non-hydrogen) atoms. The fourth-order valence-corrected chi connectivity index (χ4v) is 0.902. The van der Waals surface area contributed by atoms with Crippen LogP contribution < -0.4 is 5.32 Å². The molecule has 5 heteroatoms. The standard InChI is InChI=1S/C9H9N3O2/c1-6(9(13)14)12-8-5-11-3-2-7(8)4-10/h2-3,5-6,12H,1H3,(H,13,14). The predicted molar refractivity (Wildman–Crippen MR) is 49.7 cm³/mol. The number of hydrogen-bond acceptors (Lipinski definition) is 4. The van der Waals surface area contributed by atoms with Crippen LogP contribution in [0.2, 0.25) is 0 Å². The molecule has 1 aromatic rings. The first-order valence-corrected chi connectivity index (χ1v) is 3.98. The third-order valence-electron chi connectivity index (χ3n) is 1.68. The van der Waals surface area contributed by atoms with Gasteiger partial charge in [-0.2, -0.15) is 5.26 Å². The summed E-state index contributed by atoms with van der Waals surface area (Å²) in [6.45, 7) is 1.50. The Morgan fingerprint density at radius 1 is 1.79 bits per heavy atom. The molecule has 0 aliphatic heterocycles. The van der Waals surface area contributed by atoms with Crippen molar-refractivity contribution in [2.45, 2.75) is 13.0 Å². The Labute approximate surface area is 81.0 Å². The molecular formula is C9H9N3O2. The maximum absolute atomic E-state index is 10.5. The highest BCUT2D eigenvalue weighted by Gasteiger charge is 2.11. The van der Waals surface area contributed by atoms with Crippen molar-refractivity contribution in [3.63, 3.8) is 0 Å². The summed E-state index contributed by atoms with van der Waals surface area (Å²) in [5.41, 5.74) is 0.818. The number of aliphatic carboxylic acids is 1. The average Bonchev–Trinajstić information content (AvgIpc) is 2.18. The highest BCUT2D eigenvalue weighted by Crippen LogP contribution is 2.12. The van der Waals surface area contributed by atoms with E-state index in [2.05, 4.69) is 10.3 Å². The molecule has 72 valence electrons. The Hall–Kier alpha value is -2.09. The van der Waals surface area contributed by atoms with Gasteiger partial charge in [-0.25, -0.2) is 0 Å². The summed E-state index contributed by atoms with van der Waals surface area (Å²) >= 11 is 0. The third-order valence-corrected chi connectivity index (χ3v) is 1.68. The number of pyridine rings is 1. The molecule has 1 rings (SSSR count). The molecule has 0 aliphatic rings. The van der Waals surface area contributed by atoms with Gasteiger partial charge < -0.3 is 10.4 Å². The normalized spacial score (nSPS) is 11.4. The van der Waals surface area contributed by atoms with Gasteiger partial charge in [-0.15, -0.1) is 0 Å². The molecule has 0 radical (unpaired) electrons. The van der Waals surface area contributed by atoms with Crippen LogP contribution in [0.15, 0.2) is 18.5 Å². The molecule has 5 nitrogen and oxygen atoms in total. The molecule has 0 amide bonds. The van der Waals surface area contributed by atoms with Gasteiger partial charge in [-0.05, 0) is 13.0 Å². The highest BCUT2D eigenvalue weighted by atomic mass is 16.4. The van der Waals surface area contributed by atoms with E-state index in [1.165, 1.54) is 25.4 Å². The first-order valence-electron chi connectivity index (χ1n) is 3.98. The molecule has 0 bridgehead atoms. The van der Waals surface area contributed by atoms with Crippen molar-refractivity contribution in [3.05, 3.63) is 24.0 Å². The lowest BCUT2D eigenvalue weighted by atomic mass is 10.2. The monoisotopic (exact) mass is 191 g/mol. The van der Waals surface area contributed by atoms with Crippen LogP contribution in [0.25, 0.3) is 0 Å². The summed E-state index contributed by atoms with van der Waals surface area (Å²) < 4.78 is 0. The molecule has 1 heterocycles. The molecule has 1 unspecified atom stereocenters. The van der Waals surface area contributed by atoms with Gasteiger partial charge in [0.05, 0.1) is 17.4 Å². The van der Waals surface area contributed by atoms with Crippen molar-refractivity contribution in [2.24, 2.45) is 0 Å². The van der Waals surface area contributed by atoms with E-state index >= 15 is 0 Å². The van der Waals surface area contributed by atoms with Crippen molar-refractivity contribution in [2.75, 3.05) is 5.32 Å². The van der Waals surface area contributed by atoms with E-state index in [1.807, 2.05) is 6.07 Å². The largest absolute Gasteiger partial charge is 0.480 e. The van der Waals surface area contributed by atoms with E-state index in [0.717, 1.165) is 0 Å². The summed E-state index contributed by atoms with van der Waals surface area (Å²) in [7, 11) is 0. The van der Waals surface area contributed by atoms with Crippen molar-refractivity contribution in [1.82, 2.24) is 4.98 Å². The molecule has 0 aliphatic carbocycles. The highest BCUT2D eigenvalue weighted by molar-refractivity contribution is 5.77. The number of carboxylic acid groups (broad SMARTS) is 1. The summed E-state index contributed by atoms with van der Waals surface area (Å²) in [6.07, 6.45) is 2.91. The molecule has 0 fully saturated rings. The fourth-order valence-electron chi connectivity index (χ4n) is 0.902. The van der Waals surface area contributed by atoms with E-state index in [1.54, 1.807) is 0 Å². The fraction of sp³-hybridized carbons (Fsp3) is 0.222. The maximum Gasteiger partial charge on any atom is 0.325 e. The number of rotatable bonds is 3. The minimum absolute atomic E-state index is 0.383. The Balaban J connectivity index is 2.87. The van der Waals surface area contributed by atoms with Crippen LogP contribution in [0.5, 0.6) is 0 Å². The number of carbonyl (C=O) groups is 1. The molecule has 1 aromatic heterocycles. The van der Waals surface area contributed by atoms with Crippen LogP contribution in [0.3, 0.4) is 0 Å². The van der Waals surface area contributed by atoms with Gasteiger partial charge in [-0.3, -0.25) is 9.78 Å². The number of hydrogen-bond donors (Lipinski definition) is 2. The second kappa shape index (κ2) is 4.23. The summed E-state index contributed by atoms with van der Waals surface area (Å²) in [4.78, 5) is 14.3. The van der Waals surface area contributed by atoms with Crippen molar-refractivity contribution < 1.29 is 9.90 Å². The molecule has 1 atom stereocenters. The molecule has 0 saturated heterocycles. The minimum Gasteiger partial charge on any atom is -0.480 e. The summed E-state index contributed by atoms with van der Waals surface area (Å²) in [6, 6.07) is 2.72. The second-order valence-corrected chi connectivity index (χ2v) is 2.74. The predicted octanol–water partition coefficient (Wildman–Crippen LogP) is 0.838. The zero-order valence-electron chi connectivity index (χ0n) is 7.56. The molecule has 0 saturated carbocycles. The van der Waals surface area contributed by atoms with Gasteiger partial charge in [0.1, 0.15) is 12.1 Å². The Morgan fingerprint density at radius 3 is 3.07 bits per heavy atom. The lowest BCUT2D eigenvalue weighted by Gasteiger charge is -2.10. The second-order valence-electron chi connectivity index (χ2n) is 2.74. The zero-order chi connectivity index (χ0) is 10.6. The smallest absolute Gasteiger partial charge is 0.325 e. The van der Waals surface area contributed by atoms with Gasteiger partial charge in [0.15, 0.2) is 0 Å². The number of nitrogens with one attached hydrogen (secondary N) is 1. The number of anilines is 1. The van der Waals surface area contributed by atoms with E-state index in [0.29, 0.717) is 11.3 Å². The number of carboxylic acids is 1. The van der Waals surface area contributed by atoms with E-state index in [-0.39, 0.29) is 0 Å². The first-order chi connectivity index (χ1) is 6.65. The van der Waals surface area contributed by atoms with Gasteiger partial charge in [-0.1, -0.05) is 0 Å². The number of nitrogens with zero attached hydrogens (tertiary/aromatic N) is 2. The zero-order valence-corrected chi connectivity index (χ0v) is 7.56. The van der Waals surface area contributed by atoms with Gasteiger partial charge in [0.25, 0.3) is 0 Å². The topological polar surface area (TPSA) is 86.0 Å². The van der Waals surface area contributed by atoms with Gasteiger partial charge >= 0.3 is 5.97 Å². The lowest BCUT2D eigenvalue weighted by molar-refractivity contribution is -0.137. The Morgan fingerprint density at radius 2 is 2.50 bits per heavy atom. The molecular weight excluding hydrogens is 182 g/mol. The van der Waals surface area contributed by atoms with Crippen LogP contribution in [-0.2, 0) is 4.79 Å². The Bertz CT molecular complexity index is 384. The number of aromatic nitrogens is 1.